The molecule has 0 heterocycles. The van der Waals surface area contributed by atoms with Gasteiger partial charge in [-0.2, -0.15) is 0 Å². The van der Waals surface area contributed by atoms with E-state index in [-0.39, 0.29) is 5.91 Å². The van der Waals surface area contributed by atoms with Gasteiger partial charge in [0, 0.05) is 18.4 Å². The molecule has 104 valence electrons. The number of carbonyl (C=O) groups excluding carboxylic acids is 1. The number of hydrogen-bond donors (Lipinski definition) is 2. The summed E-state index contributed by atoms with van der Waals surface area (Å²) < 4.78 is 0. The maximum Gasteiger partial charge on any atom is 0.257 e. The van der Waals surface area contributed by atoms with Crippen molar-refractivity contribution in [2.75, 3.05) is 17.7 Å². The Balaban J connectivity index is 1.89. The van der Waals surface area contributed by atoms with Crippen LogP contribution in [-0.2, 0) is 0 Å². The number of hydrogen-bond acceptors (Lipinski definition) is 2. The summed E-state index contributed by atoms with van der Waals surface area (Å²) in [7, 11) is 1.81. The maximum atomic E-state index is 12.4. The number of rotatable bonds is 3. The molecule has 1 amide bonds. The number of amides is 1. The molecule has 0 radical (unpaired) electrons. The molecule has 0 aromatic heterocycles. The first-order valence-corrected chi connectivity index (χ1v) is 6.85. The zero-order chi connectivity index (χ0) is 14.7. The van der Waals surface area contributed by atoms with E-state index in [0.717, 1.165) is 22.1 Å². The minimum Gasteiger partial charge on any atom is -0.387 e. The van der Waals surface area contributed by atoms with Gasteiger partial charge in [-0.25, -0.2) is 0 Å². The quantitative estimate of drug-likeness (QED) is 0.755. The lowest BCUT2D eigenvalue weighted by atomic mass is 10.1. The molecule has 0 bridgehead atoms. The van der Waals surface area contributed by atoms with Gasteiger partial charge in [-0.05, 0) is 35.0 Å². The van der Waals surface area contributed by atoms with Crippen molar-refractivity contribution >= 4 is 28.1 Å². The second kappa shape index (κ2) is 5.67. The second-order valence-corrected chi connectivity index (χ2v) is 4.81. The van der Waals surface area contributed by atoms with E-state index in [4.69, 9.17) is 0 Å². The predicted octanol–water partition coefficient (Wildman–Crippen LogP) is 4.13. The van der Waals surface area contributed by atoms with Crippen LogP contribution in [0.15, 0.2) is 66.7 Å². The van der Waals surface area contributed by atoms with Gasteiger partial charge in [0.05, 0.1) is 5.56 Å². The third-order valence-electron chi connectivity index (χ3n) is 3.45. The van der Waals surface area contributed by atoms with Gasteiger partial charge in [0.15, 0.2) is 0 Å². The molecule has 0 aliphatic carbocycles. The Labute approximate surface area is 123 Å². The third-order valence-corrected chi connectivity index (χ3v) is 3.45. The van der Waals surface area contributed by atoms with Gasteiger partial charge < -0.3 is 10.6 Å². The molecule has 0 aliphatic heterocycles. The summed E-state index contributed by atoms with van der Waals surface area (Å²) in [6.07, 6.45) is 0. The molecular weight excluding hydrogens is 260 g/mol. The summed E-state index contributed by atoms with van der Waals surface area (Å²) in [6.45, 7) is 0. The SMILES string of the molecule is CNc1ccccc1C(=O)Nc1ccc2ccccc2c1. The molecule has 3 aromatic carbocycles. The highest BCUT2D eigenvalue weighted by atomic mass is 16.1. The number of carbonyl (C=O) groups is 1. The highest BCUT2D eigenvalue weighted by Crippen LogP contribution is 2.21. The van der Waals surface area contributed by atoms with Crippen molar-refractivity contribution in [3.8, 4) is 0 Å². The van der Waals surface area contributed by atoms with E-state index in [9.17, 15) is 4.79 Å². The van der Waals surface area contributed by atoms with Crippen molar-refractivity contribution in [2.45, 2.75) is 0 Å². The summed E-state index contributed by atoms with van der Waals surface area (Å²) in [5.74, 6) is -0.116. The Kier molecular flexibility index (Phi) is 3.56. The van der Waals surface area contributed by atoms with Crippen molar-refractivity contribution in [1.29, 1.82) is 0 Å². The van der Waals surface area contributed by atoms with Gasteiger partial charge in [-0.15, -0.1) is 0 Å². The second-order valence-electron chi connectivity index (χ2n) is 4.81. The van der Waals surface area contributed by atoms with Gasteiger partial charge in [-0.3, -0.25) is 4.79 Å². The highest BCUT2D eigenvalue weighted by molar-refractivity contribution is 6.08. The molecule has 3 rings (SSSR count). The van der Waals surface area contributed by atoms with Gasteiger partial charge >= 0.3 is 0 Å². The topological polar surface area (TPSA) is 41.1 Å². The lowest BCUT2D eigenvalue weighted by molar-refractivity contribution is 0.102. The molecule has 3 nitrogen and oxygen atoms in total. The molecule has 3 aromatic rings. The van der Waals surface area contributed by atoms with E-state index in [2.05, 4.69) is 16.7 Å². The number of anilines is 2. The molecule has 0 unspecified atom stereocenters. The molecular formula is C18H16N2O. The fourth-order valence-corrected chi connectivity index (χ4v) is 2.36. The maximum absolute atomic E-state index is 12.4. The molecule has 0 saturated carbocycles. The van der Waals surface area contributed by atoms with Crippen LogP contribution in [0.1, 0.15) is 10.4 Å². The van der Waals surface area contributed by atoms with E-state index in [1.807, 2.05) is 67.7 Å². The zero-order valence-electron chi connectivity index (χ0n) is 11.8. The first-order chi connectivity index (χ1) is 10.3. The summed E-state index contributed by atoms with van der Waals surface area (Å²) >= 11 is 0. The van der Waals surface area contributed by atoms with Crippen molar-refractivity contribution in [3.63, 3.8) is 0 Å². The van der Waals surface area contributed by atoms with E-state index in [1.165, 1.54) is 0 Å². The number of benzene rings is 3. The van der Waals surface area contributed by atoms with Crippen LogP contribution in [0.5, 0.6) is 0 Å². The van der Waals surface area contributed by atoms with Crippen LogP contribution in [0, 0.1) is 0 Å². The standard InChI is InChI=1S/C18H16N2O/c1-19-17-9-5-4-8-16(17)18(21)20-15-11-10-13-6-2-3-7-14(13)12-15/h2-12,19H,1H3,(H,20,21). The fourth-order valence-electron chi connectivity index (χ4n) is 2.36. The van der Waals surface area contributed by atoms with Gasteiger partial charge in [-0.1, -0.05) is 42.5 Å². The molecule has 2 N–H and O–H groups in total. The van der Waals surface area contributed by atoms with Crippen LogP contribution in [-0.4, -0.2) is 13.0 Å². The Bertz CT molecular complexity index is 796. The van der Waals surface area contributed by atoms with Gasteiger partial charge in [0.25, 0.3) is 5.91 Å². The molecule has 0 saturated heterocycles. The molecule has 3 heteroatoms. The Morgan fingerprint density at radius 2 is 1.57 bits per heavy atom. The molecule has 0 atom stereocenters. The van der Waals surface area contributed by atoms with E-state index < -0.39 is 0 Å². The predicted molar refractivity (Wildman–Crippen MR) is 87.9 cm³/mol. The largest absolute Gasteiger partial charge is 0.387 e. The van der Waals surface area contributed by atoms with E-state index in [0.29, 0.717) is 5.56 Å². The van der Waals surface area contributed by atoms with Gasteiger partial charge in [0.1, 0.15) is 0 Å². The van der Waals surface area contributed by atoms with Crippen LogP contribution in [0.25, 0.3) is 10.8 Å². The smallest absolute Gasteiger partial charge is 0.257 e. The third kappa shape index (κ3) is 2.72. The molecule has 21 heavy (non-hydrogen) atoms. The van der Waals surface area contributed by atoms with Crippen LogP contribution < -0.4 is 10.6 Å². The number of fused-ring (bicyclic) bond motifs is 1. The van der Waals surface area contributed by atoms with Crippen molar-refractivity contribution in [2.24, 2.45) is 0 Å². The Morgan fingerprint density at radius 3 is 2.38 bits per heavy atom. The number of nitrogens with one attached hydrogen (secondary N) is 2. The fraction of sp³-hybridized carbons (Fsp3) is 0.0556. The molecule has 0 spiro atoms. The highest BCUT2D eigenvalue weighted by Gasteiger charge is 2.10. The van der Waals surface area contributed by atoms with Crippen molar-refractivity contribution < 1.29 is 4.79 Å². The minimum atomic E-state index is -0.116. The Hall–Kier alpha value is -2.81. The average Bonchev–Trinajstić information content (AvgIpc) is 2.54. The first-order valence-electron chi connectivity index (χ1n) is 6.85. The van der Waals surface area contributed by atoms with Crippen LogP contribution in [0.3, 0.4) is 0 Å². The van der Waals surface area contributed by atoms with Crippen LogP contribution >= 0.6 is 0 Å². The lowest BCUT2D eigenvalue weighted by Crippen LogP contribution is -2.13. The monoisotopic (exact) mass is 276 g/mol. The zero-order valence-corrected chi connectivity index (χ0v) is 11.8. The molecule has 0 aliphatic rings. The summed E-state index contributed by atoms with van der Waals surface area (Å²) in [4.78, 5) is 12.4. The van der Waals surface area contributed by atoms with E-state index >= 15 is 0 Å². The van der Waals surface area contributed by atoms with Crippen LogP contribution in [0.4, 0.5) is 11.4 Å². The molecule has 0 fully saturated rings. The van der Waals surface area contributed by atoms with Crippen molar-refractivity contribution in [1.82, 2.24) is 0 Å². The first kappa shape index (κ1) is 13.2. The van der Waals surface area contributed by atoms with Crippen LogP contribution in [0.2, 0.25) is 0 Å². The summed E-state index contributed by atoms with van der Waals surface area (Å²) in [5.41, 5.74) is 2.24. The average molecular weight is 276 g/mol. The number of para-hydroxylation sites is 1. The Morgan fingerprint density at radius 1 is 0.857 bits per heavy atom. The van der Waals surface area contributed by atoms with Gasteiger partial charge in [0.2, 0.25) is 0 Å². The lowest BCUT2D eigenvalue weighted by Gasteiger charge is -2.10. The normalized spacial score (nSPS) is 10.3. The van der Waals surface area contributed by atoms with Crippen molar-refractivity contribution in [3.05, 3.63) is 72.3 Å². The minimum absolute atomic E-state index is 0.116. The van der Waals surface area contributed by atoms with E-state index in [1.54, 1.807) is 0 Å². The summed E-state index contributed by atoms with van der Waals surface area (Å²) in [6, 6.07) is 21.4. The summed E-state index contributed by atoms with van der Waals surface area (Å²) in [5, 5.41) is 8.24.